The fourth-order valence-electron chi connectivity index (χ4n) is 7.07. The van der Waals surface area contributed by atoms with E-state index in [2.05, 4.69) is 49.4 Å². The van der Waals surface area contributed by atoms with Gasteiger partial charge in [-0.05, 0) is 77.6 Å². The maximum Gasteiger partial charge on any atom is 0.239 e. The zero-order chi connectivity index (χ0) is 26.9. The number of aliphatic imine (C=N–C) groups is 1. The molecule has 3 aliphatic carbocycles. The van der Waals surface area contributed by atoms with E-state index in [0.29, 0.717) is 11.4 Å². The van der Waals surface area contributed by atoms with E-state index in [-0.39, 0.29) is 17.7 Å². The van der Waals surface area contributed by atoms with Gasteiger partial charge in [-0.1, -0.05) is 60.7 Å². The van der Waals surface area contributed by atoms with E-state index in [9.17, 15) is 9.59 Å². The van der Waals surface area contributed by atoms with Crippen LogP contribution >= 0.6 is 0 Å². The zero-order valence-electron chi connectivity index (χ0n) is 22.1. The van der Waals surface area contributed by atoms with Crippen molar-refractivity contribution in [2.24, 2.45) is 16.8 Å². The van der Waals surface area contributed by atoms with Gasteiger partial charge in [-0.2, -0.15) is 0 Å². The van der Waals surface area contributed by atoms with Crippen LogP contribution in [0.15, 0.2) is 96.0 Å². The summed E-state index contributed by atoms with van der Waals surface area (Å²) in [6.07, 6.45) is 1.96. The molecule has 1 heterocycles. The molecular formula is C34H28N2O3. The van der Waals surface area contributed by atoms with E-state index in [4.69, 9.17) is 9.73 Å². The minimum absolute atomic E-state index is 0.159. The van der Waals surface area contributed by atoms with Crippen LogP contribution in [-0.2, 0) is 15.0 Å². The second-order valence-corrected chi connectivity index (χ2v) is 10.8. The first kappa shape index (κ1) is 23.6. The standard InChI is InChI=1S/C34H28N2O3/c1-20-12-13-21(2)28(18-20)35-19-34-26-10-6-4-8-24(26)29(25-9-5-7-11-27(25)34)30-31(34)33(38)36(32(30)37)22-14-16-23(39-3)17-15-22/h4-19,29-31H,1-3H3/t29?,30-,31-,34?/m0/s1. The van der Waals surface area contributed by atoms with E-state index in [0.717, 1.165) is 39.1 Å². The summed E-state index contributed by atoms with van der Waals surface area (Å²) in [5.41, 5.74) is 7.05. The van der Waals surface area contributed by atoms with Gasteiger partial charge >= 0.3 is 0 Å². The van der Waals surface area contributed by atoms with Crippen molar-refractivity contribution < 1.29 is 14.3 Å². The van der Waals surface area contributed by atoms with Crippen molar-refractivity contribution in [3.8, 4) is 5.75 Å². The van der Waals surface area contributed by atoms with Crippen LogP contribution in [0.1, 0.15) is 39.3 Å². The second-order valence-electron chi connectivity index (χ2n) is 10.8. The molecule has 2 amide bonds. The van der Waals surface area contributed by atoms with Crippen molar-refractivity contribution in [2.45, 2.75) is 25.2 Å². The number of ether oxygens (including phenoxy) is 1. The van der Waals surface area contributed by atoms with E-state index in [1.165, 1.54) is 4.90 Å². The largest absolute Gasteiger partial charge is 0.497 e. The van der Waals surface area contributed by atoms with Gasteiger partial charge in [0.25, 0.3) is 0 Å². The lowest BCUT2D eigenvalue weighted by molar-refractivity contribution is -0.122. The van der Waals surface area contributed by atoms with Gasteiger partial charge in [0.05, 0.1) is 35.7 Å². The predicted octanol–water partition coefficient (Wildman–Crippen LogP) is 6.27. The first-order valence-electron chi connectivity index (χ1n) is 13.3. The van der Waals surface area contributed by atoms with Crippen LogP contribution in [0.25, 0.3) is 0 Å². The molecule has 4 aliphatic rings. The summed E-state index contributed by atoms with van der Waals surface area (Å²) < 4.78 is 5.31. The summed E-state index contributed by atoms with van der Waals surface area (Å²) in [5, 5.41) is 0. The molecule has 39 heavy (non-hydrogen) atoms. The molecule has 0 unspecified atom stereocenters. The van der Waals surface area contributed by atoms with Gasteiger partial charge in [-0.15, -0.1) is 0 Å². The monoisotopic (exact) mass is 512 g/mol. The number of methoxy groups -OCH3 is 1. The number of amides is 2. The highest BCUT2D eigenvalue weighted by molar-refractivity contribution is 6.25. The van der Waals surface area contributed by atoms with Crippen LogP contribution in [-0.4, -0.2) is 25.1 Å². The van der Waals surface area contributed by atoms with Crippen molar-refractivity contribution in [2.75, 3.05) is 12.0 Å². The van der Waals surface area contributed by atoms with E-state index >= 15 is 0 Å². The lowest BCUT2D eigenvalue weighted by atomic mass is 9.47. The molecule has 0 saturated carbocycles. The zero-order valence-corrected chi connectivity index (χ0v) is 22.1. The average molecular weight is 513 g/mol. The average Bonchev–Trinajstić information content (AvgIpc) is 3.24. The highest BCUT2D eigenvalue weighted by Gasteiger charge is 2.67. The van der Waals surface area contributed by atoms with Crippen LogP contribution < -0.4 is 9.64 Å². The fraction of sp³-hybridized carbons (Fsp3) is 0.206. The maximum atomic E-state index is 14.5. The highest BCUT2D eigenvalue weighted by atomic mass is 16.5. The number of carbonyl (C=O) groups is 2. The van der Waals surface area contributed by atoms with Crippen molar-refractivity contribution in [1.29, 1.82) is 0 Å². The number of nitrogens with zero attached hydrogens (tertiary/aromatic N) is 2. The molecule has 0 aromatic heterocycles. The van der Waals surface area contributed by atoms with Crippen LogP contribution in [0, 0.1) is 25.7 Å². The van der Waals surface area contributed by atoms with Crippen LogP contribution in [0.3, 0.4) is 0 Å². The van der Waals surface area contributed by atoms with Gasteiger partial charge in [0.15, 0.2) is 0 Å². The molecule has 1 fully saturated rings. The van der Waals surface area contributed by atoms with Crippen molar-refractivity contribution in [3.63, 3.8) is 0 Å². The number of hydrogen-bond acceptors (Lipinski definition) is 4. The lowest BCUT2D eigenvalue weighted by Gasteiger charge is -2.52. The second kappa shape index (κ2) is 8.50. The number of carbonyl (C=O) groups excluding carboxylic acids is 2. The summed E-state index contributed by atoms with van der Waals surface area (Å²) in [7, 11) is 1.60. The molecule has 4 aromatic rings. The Morgan fingerprint density at radius 2 is 1.46 bits per heavy atom. The normalized spacial score (nSPS) is 24.6. The smallest absolute Gasteiger partial charge is 0.239 e. The summed E-state index contributed by atoms with van der Waals surface area (Å²) in [5.74, 6) is -0.985. The molecule has 0 N–H and O–H groups in total. The van der Waals surface area contributed by atoms with E-state index in [1.54, 1.807) is 31.4 Å². The Bertz CT molecular complexity index is 1640. The molecule has 0 radical (unpaired) electrons. The molecule has 5 nitrogen and oxygen atoms in total. The third-order valence-corrected chi connectivity index (χ3v) is 8.79. The predicted molar refractivity (Wildman–Crippen MR) is 152 cm³/mol. The number of rotatable bonds is 4. The highest BCUT2D eigenvalue weighted by Crippen LogP contribution is 2.63. The van der Waals surface area contributed by atoms with Crippen molar-refractivity contribution in [3.05, 3.63) is 124 Å². The summed E-state index contributed by atoms with van der Waals surface area (Å²) in [4.78, 5) is 35.2. The van der Waals surface area contributed by atoms with Crippen molar-refractivity contribution >= 4 is 29.4 Å². The summed E-state index contributed by atoms with van der Waals surface area (Å²) in [6.45, 7) is 4.09. The molecule has 2 atom stereocenters. The summed E-state index contributed by atoms with van der Waals surface area (Å²) >= 11 is 0. The topological polar surface area (TPSA) is 59.0 Å². The maximum absolute atomic E-state index is 14.5. The quantitative estimate of drug-likeness (QED) is 0.239. The number of aryl methyl sites for hydroxylation is 2. The fourth-order valence-corrected chi connectivity index (χ4v) is 7.07. The third kappa shape index (κ3) is 3.16. The molecule has 0 spiro atoms. The Kier molecular flexibility index (Phi) is 5.14. The number of anilines is 1. The Labute approximate surface area is 227 Å². The van der Waals surface area contributed by atoms with Gasteiger partial charge in [0.2, 0.25) is 11.8 Å². The molecule has 192 valence electrons. The number of hydrogen-bond donors (Lipinski definition) is 0. The molecule has 2 bridgehead atoms. The van der Waals surface area contributed by atoms with Crippen molar-refractivity contribution in [1.82, 2.24) is 0 Å². The Morgan fingerprint density at radius 1 is 0.821 bits per heavy atom. The van der Waals surface area contributed by atoms with Crippen LogP contribution in [0.2, 0.25) is 0 Å². The lowest BCUT2D eigenvalue weighted by Crippen LogP contribution is -2.54. The van der Waals surface area contributed by atoms with Gasteiger partial charge in [0, 0.05) is 12.1 Å². The number of benzene rings is 4. The van der Waals surface area contributed by atoms with Gasteiger partial charge in [-0.25, -0.2) is 4.90 Å². The molecule has 4 aromatic carbocycles. The van der Waals surface area contributed by atoms with E-state index in [1.807, 2.05) is 37.4 Å². The van der Waals surface area contributed by atoms with E-state index < -0.39 is 17.3 Å². The third-order valence-electron chi connectivity index (χ3n) is 8.79. The first-order valence-corrected chi connectivity index (χ1v) is 13.3. The minimum atomic E-state index is -0.878. The summed E-state index contributed by atoms with van der Waals surface area (Å²) in [6, 6.07) is 29.9. The number of imide groups is 1. The molecule has 1 saturated heterocycles. The van der Waals surface area contributed by atoms with Crippen LogP contribution in [0.4, 0.5) is 11.4 Å². The van der Waals surface area contributed by atoms with Gasteiger partial charge in [-0.3, -0.25) is 14.6 Å². The molecule has 1 aliphatic heterocycles. The Balaban J connectivity index is 1.49. The first-order chi connectivity index (χ1) is 19.0. The Hall–Kier alpha value is -4.51. The molecule has 5 heteroatoms. The molecule has 8 rings (SSSR count). The van der Waals surface area contributed by atoms with Gasteiger partial charge in [0.1, 0.15) is 5.75 Å². The Morgan fingerprint density at radius 3 is 2.10 bits per heavy atom. The van der Waals surface area contributed by atoms with Gasteiger partial charge < -0.3 is 4.74 Å². The SMILES string of the molecule is COc1ccc(N2C(=O)[C@@H]3[C@@H](C2=O)C2c4ccccc4C3(C=Nc3cc(C)ccc3C)c3ccccc32)cc1. The van der Waals surface area contributed by atoms with Crippen LogP contribution in [0.5, 0.6) is 5.75 Å². The minimum Gasteiger partial charge on any atom is -0.497 e. The molecular weight excluding hydrogens is 484 g/mol.